The second-order valence-corrected chi connectivity index (χ2v) is 8.08. The van der Waals surface area contributed by atoms with Crippen molar-refractivity contribution in [1.82, 2.24) is 9.88 Å². The van der Waals surface area contributed by atoms with Crippen molar-refractivity contribution in [3.63, 3.8) is 0 Å². The van der Waals surface area contributed by atoms with E-state index in [0.29, 0.717) is 43.4 Å². The smallest absolute Gasteiger partial charge is 0.254 e. The van der Waals surface area contributed by atoms with Gasteiger partial charge in [-0.05, 0) is 61.9 Å². The molecule has 0 radical (unpaired) electrons. The van der Waals surface area contributed by atoms with Crippen molar-refractivity contribution in [1.29, 1.82) is 0 Å². The SMILES string of the molecule is CCOc1cc(C(=O)N2CCCN(c3ccc(OC)cc3)CC2)ccc1OCc1cccnc1. The molecule has 0 unspecified atom stereocenters. The van der Waals surface area contributed by atoms with Gasteiger partial charge >= 0.3 is 0 Å². The Morgan fingerprint density at radius 2 is 1.82 bits per heavy atom. The summed E-state index contributed by atoms with van der Waals surface area (Å²) in [5, 5.41) is 0. The molecule has 3 aromatic rings. The first kappa shape index (κ1) is 23.4. The Hall–Kier alpha value is -3.74. The van der Waals surface area contributed by atoms with Gasteiger partial charge < -0.3 is 24.0 Å². The molecule has 0 saturated carbocycles. The molecule has 0 bridgehead atoms. The van der Waals surface area contributed by atoms with Gasteiger partial charge in [0.25, 0.3) is 5.91 Å². The van der Waals surface area contributed by atoms with Crippen LogP contribution in [0.25, 0.3) is 0 Å². The van der Waals surface area contributed by atoms with E-state index < -0.39 is 0 Å². The Labute approximate surface area is 200 Å². The van der Waals surface area contributed by atoms with E-state index in [1.807, 2.05) is 48.2 Å². The van der Waals surface area contributed by atoms with E-state index in [-0.39, 0.29) is 5.91 Å². The summed E-state index contributed by atoms with van der Waals surface area (Å²) in [5.41, 5.74) is 2.72. The maximum Gasteiger partial charge on any atom is 0.254 e. The molecule has 7 heteroatoms. The Morgan fingerprint density at radius 1 is 0.971 bits per heavy atom. The number of benzene rings is 2. The monoisotopic (exact) mass is 461 g/mol. The molecule has 0 spiro atoms. The highest BCUT2D eigenvalue weighted by atomic mass is 16.5. The second-order valence-electron chi connectivity index (χ2n) is 8.08. The third kappa shape index (κ3) is 5.78. The van der Waals surface area contributed by atoms with Gasteiger partial charge in [0.05, 0.1) is 13.7 Å². The summed E-state index contributed by atoms with van der Waals surface area (Å²) >= 11 is 0. The van der Waals surface area contributed by atoms with Crippen LogP contribution in [0.2, 0.25) is 0 Å². The zero-order valence-electron chi connectivity index (χ0n) is 19.8. The summed E-state index contributed by atoms with van der Waals surface area (Å²) in [5.74, 6) is 2.04. The van der Waals surface area contributed by atoms with E-state index in [4.69, 9.17) is 14.2 Å². The molecule has 34 heavy (non-hydrogen) atoms. The average Bonchev–Trinajstić information content (AvgIpc) is 3.15. The number of rotatable bonds is 8. The quantitative estimate of drug-likeness (QED) is 0.495. The maximum absolute atomic E-state index is 13.3. The van der Waals surface area contributed by atoms with Crippen molar-refractivity contribution in [2.75, 3.05) is 44.8 Å². The molecule has 1 amide bonds. The van der Waals surface area contributed by atoms with Crippen molar-refractivity contribution in [3.05, 3.63) is 78.1 Å². The van der Waals surface area contributed by atoms with Gasteiger partial charge in [-0.3, -0.25) is 9.78 Å². The summed E-state index contributed by atoms with van der Waals surface area (Å²) in [7, 11) is 1.67. The second kappa shape index (κ2) is 11.4. The number of amides is 1. The standard InChI is InChI=1S/C27H31N3O4/c1-3-33-26-18-22(7-12-25(26)34-20-21-6-4-13-28-19-21)27(31)30-15-5-14-29(16-17-30)23-8-10-24(32-2)11-9-23/h4,6-13,18-19H,3,5,14-17,20H2,1-2H3. The molecule has 0 atom stereocenters. The Balaban J connectivity index is 1.42. The summed E-state index contributed by atoms with van der Waals surface area (Å²) in [6, 6.07) is 17.3. The molecule has 178 valence electrons. The molecular formula is C27H31N3O4. The summed E-state index contributed by atoms with van der Waals surface area (Å²) in [6.07, 6.45) is 4.41. The number of nitrogens with zero attached hydrogens (tertiary/aromatic N) is 3. The van der Waals surface area contributed by atoms with Crippen molar-refractivity contribution in [2.45, 2.75) is 20.0 Å². The van der Waals surface area contributed by atoms with Crippen LogP contribution in [-0.2, 0) is 6.61 Å². The van der Waals surface area contributed by atoms with Gasteiger partial charge in [-0.2, -0.15) is 0 Å². The normalized spacial score (nSPS) is 13.8. The molecule has 7 nitrogen and oxygen atoms in total. The number of aromatic nitrogens is 1. The Kier molecular flexibility index (Phi) is 7.86. The van der Waals surface area contributed by atoms with Gasteiger partial charge in [-0.15, -0.1) is 0 Å². The van der Waals surface area contributed by atoms with Crippen LogP contribution in [0.4, 0.5) is 5.69 Å². The third-order valence-corrected chi connectivity index (χ3v) is 5.83. The van der Waals surface area contributed by atoms with Crippen molar-refractivity contribution in [2.24, 2.45) is 0 Å². The molecule has 1 saturated heterocycles. The fourth-order valence-corrected chi connectivity index (χ4v) is 4.03. The lowest BCUT2D eigenvalue weighted by Crippen LogP contribution is -2.35. The van der Waals surface area contributed by atoms with Crippen LogP contribution in [0.15, 0.2) is 67.0 Å². The number of hydrogen-bond donors (Lipinski definition) is 0. The van der Waals surface area contributed by atoms with E-state index in [1.54, 1.807) is 25.6 Å². The molecule has 2 aromatic carbocycles. The first-order chi connectivity index (χ1) is 16.7. The Bertz CT molecular complexity index is 1070. The van der Waals surface area contributed by atoms with E-state index in [9.17, 15) is 4.79 Å². The number of hydrogen-bond acceptors (Lipinski definition) is 6. The fraction of sp³-hybridized carbons (Fsp3) is 0.333. The number of ether oxygens (including phenoxy) is 3. The lowest BCUT2D eigenvalue weighted by molar-refractivity contribution is 0.0766. The van der Waals surface area contributed by atoms with Gasteiger partial charge in [0.2, 0.25) is 0 Å². The van der Waals surface area contributed by atoms with Gasteiger partial charge in [0, 0.05) is 55.4 Å². The topological polar surface area (TPSA) is 64.1 Å². The number of methoxy groups -OCH3 is 1. The van der Waals surface area contributed by atoms with Crippen LogP contribution in [0.1, 0.15) is 29.3 Å². The lowest BCUT2D eigenvalue weighted by atomic mass is 10.1. The van der Waals surface area contributed by atoms with Crippen LogP contribution in [0.3, 0.4) is 0 Å². The summed E-state index contributed by atoms with van der Waals surface area (Å²) in [6.45, 7) is 5.85. The van der Waals surface area contributed by atoms with Crippen LogP contribution >= 0.6 is 0 Å². The first-order valence-electron chi connectivity index (χ1n) is 11.6. The molecule has 1 aliphatic heterocycles. The van der Waals surface area contributed by atoms with E-state index in [2.05, 4.69) is 22.0 Å². The zero-order chi connectivity index (χ0) is 23.8. The van der Waals surface area contributed by atoms with Gasteiger partial charge in [-0.1, -0.05) is 6.07 Å². The fourth-order valence-electron chi connectivity index (χ4n) is 4.03. The van der Waals surface area contributed by atoms with E-state index >= 15 is 0 Å². The highest BCUT2D eigenvalue weighted by molar-refractivity contribution is 5.95. The van der Waals surface area contributed by atoms with Gasteiger partial charge in [-0.25, -0.2) is 0 Å². The highest BCUT2D eigenvalue weighted by Gasteiger charge is 2.22. The molecule has 4 rings (SSSR count). The molecule has 0 aliphatic carbocycles. The molecule has 1 aromatic heterocycles. The number of carbonyl (C=O) groups is 1. The minimum atomic E-state index is 0.0105. The third-order valence-electron chi connectivity index (χ3n) is 5.83. The first-order valence-corrected chi connectivity index (χ1v) is 11.6. The average molecular weight is 462 g/mol. The zero-order valence-corrected chi connectivity index (χ0v) is 19.8. The minimum Gasteiger partial charge on any atom is -0.497 e. The van der Waals surface area contributed by atoms with Crippen molar-refractivity contribution in [3.8, 4) is 17.2 Å². The number of carbonyl (C=O) groups excluding carboxylic acids is 1. The van der Waals surface area contributed by atoms with Crippen molar-refractivity contribution < 1.29 is 19.0 Å². The maximum atomic E-state index is 13.3. The minimum absolute atomic E-state index is 0.0105. The van der Waals surface area contributed by atoms with Crippen molar-refractivity contribution >= 4 is 11.6 Å². The van der Waals surface area contributed by atoms with Gasteiger partial charge in [0.15, 0.2) is 11.5 Å². The number of anilines is 1. The Morgan fingerprint density at radius 3 is 2.56 bits per heavy atom. The largest absolute Gasteiger partial charge is 0.497 e. The molecule has 1 aliphatic rings. The van der Waals surface area contributed by atoms with E-state index in [0.717, 1.165) is 36.5 Å². The van der Waals surface area contributed by atoms with Crippen LogP contribution < -0.4 is 19.1 Å². The summed E-state index contributed by atoms with van der Waals surface area (Å²) < 4.78 is 17.0. The number of pyridine rings is 1. The van der Waals surface area contributed by atoms with Crippen LogP contribution in [0, 0.1) is 0 Å². The van der Waals surface area contributed by atoms with E-state index in [1.165, 1.54) is 0 Å². The molecule has 1 fully saturated rings. The van der Waals surface area contributed by atoms with Crippen LogP contribution in [0.5, 0.6) is 17.2 Å². The molecule has 2 heterocycles. The predicted octanol–water partition coefficient (Wildman–Crippen LogP) is 4.42. The molecular weight excluding hydrogens is 430 g/mol. The highest BCUT2D eigenvalue weighted by Crippen LogP contribution is 2.30. The lowest BCUT2D eigenvalue weighted by Gasteiger charge is -2.24. The summed E-state index contributed by atoms with van der Waals surface area (Å²) in [4.78, 5) is 21.7. The van der Waals surface area contributed by atoms with Gasteiger partial charge in [0.1, 0.15) is 12.4 Å². The van der Waals surface area contributed by atoms with Crippen LogP contribution in [-0.4, -0.2) is 55.7 Å². The molecule has 0 N–H and O–H groups in total. The predicted molar refractivity (Wildman–Crippen MR) is 132 cm³/mol.